The third-order valence-electron chi connectivity index (χ3n) is 2.52. The maximum absolute atomic E-state index is 11.8. The maximum atomic E-state index is 11.8. The molecule has 1 N–H and O–H groups in total. The number of rotatable bonds is 3. The van der Waals surface area contributed by atoms with Gasteiger partial charge in [0.25, 0.3) is 0 Å². The summed E-state index contributed by atoms with van der Waals surface area (Å²) in [6, 6.07) is 6.72. The van der Waals surface area contributed by atoms with E-state index in [0.717, 1.165) is 5.56 Å². The SMILES string of the molecule is Cc1ccc2oc(CCC(=O)O)cc(=O)c2c1. The van der Waals surface area contributed by atoms with Crippen molar-refractivity contribution in [1.82, 2.24) is 0 Å². The number of aliphatic carboxylic acids is 1. The van der Waals surface area contributed by atoms with Crippen LogP contribution in [0.15, 0.2) is 33.5 Å². The van der Waals surface area contributed by atoms with Crippen molar-refractivity contribution in [3.8, 4) is 0 Å². The van der Waals surface area contributed by atoms with Gasteiger partial charge in [0.05, 0.1) is 11.8 Å². The molecular weight excluding hydrogens is 220 g/mol. The van der Waals surface area contributed by atoms with Gasteiger partial charge in [0.2, 0.25) is 0 Å². The van der Waals surface area contributed by atoms with Gasteiger partial charge in [0.1, 0.15) is 11.3 Å². The highest BCUT2D eigenvalue weighted by atomic mass is 16.4. The molecule has 2 aromatic rings. The van der Waals surface area contributed by atoms with Crippen molar-refractivity contribution in [3.05, 3.63) is 45.8 Å². The van der Waals surface area contributed by atoms with Crippen LogP contribution in [0.3, 0.4) is 0 Å². The van der Waals surface area contributed by atoms with E-state index in [1.807, 2.05) is 13.0 Å². The molecule has 0 atom stereocenters. The van der Waals surface area contributed by atoms with Crippen LogP contribution < -0.4 is 5.43 Å². The van der Waals surface area contributed by atoms with Crippen LogP contribution in [0.25, 0.3) is 11.0 Å². The molecule has 1 heterocycles. The zero-order chi connectivity index (χ0) is 12.4. The Kier molecular flexibility index (Phi) is 2.95. The van der Waals surface area contributed by atoms with Crippen LogP contribution >= 0.6 is 0 Å². The molecule has 1 aromatic carbocycles. The summed E-state index contributed by atoms with van der Waals surface area (Å²) in [7, 11) is 0. The number of benzene rings is 1. The zero-order valence-electron chi connectivity index (χ0n) is 9.40. The summed E-state index contributed by atoms with van der Waals surface area (Å²) < 4.78 is 5.48. The van der Waals surface area contributed by atoms with Crippen LogP contribution in [0, 0.1) is 6.92 Å². The van der Waals surface area contributed by atoms with E-state index in [-0.39, 0.29) is 18.3 Å². The number of carboxylic acids is 1. The predicted molar refractivity (Wildman–Crippen MR) is 63.2 cm³/mol. The van der Waals surface area contributed by atoms with E-state index in [9.17, 15) is 9.59 Å². The minimum absolute atomic E-state index is 0.0414. The van der Waals surface area contributed by atoms with Gasteiger partial charge in [-0.3, -0.25) is 9.59 Å². The zero-order valence-corrected chi connectivity index (χ0v) is 9.40. The lowest BCUT2D eigenvalue weighted by Gasteiger charge is -2.02. The normalized spacial score (nSPS) is 10.6. The average Bonchev–Trinajstić information content (AvgIpc) is 2.27. The fourth-order valence-corrected chi connectivity index (χ4v) is 1.67. The van der Waals surface area contributed by atoms with Gasteiger partial charge in [0.15, 0.2) is 5.43 Å². The monoisotopic (exact) mass is 232 g/mol. The van der Waals surface area contributed by atoms with Crippen molar-refractivity contribution in [1.29, 1.82) is 0 Å². The van der Waals surface area contributed by atoms with Gasteiger partial charge >= 0.3 is 5.97 Å². The van der Waals surface area contributed by atoms with Crippen molar-refractivity contribution < 1.29 is 14.3 Å². The van der Waals surface area contributed by atoms with Gasteiger partial charge in [-0.15, -0.1) is 0 Å². The van der Waals surface area contributed by atoms with Gasteiger partial charge < -0.3 is 9.52 Å². The Morgan fingerprint density at radius 1 is 1.35 bits per heavy atom. The summed E-state index contributed by atoms with van der Waals surface area (Å²) in [6.07, 6.45) is 0.189. The number of carbonyl (C=O) groups is 1. The number of hydrogen-bond donors (Lipinski definition) is 1. The van der Waals surface area contributed by atoms with Crippen LogP contribution in [-0.4, -0.2) is 11.1 Å². The van der Waals surface area contributed by atoms with Crippen LogP contribution in [0.1, 0.15) is 17.7 Å². The summed E-state index contributed by atoms with van der Waals surface area (Å²) in [5.41, 5.74) is 1.36. The lowest BCUT2D eigenvalue weighted by molar-refractivity contribution is -0.137. The molecular formula is C13H12O4. The fraction of sp³-hybridized carbons (Fsp3) is 0.231. The summed E-state index contributed by atoms with van der Waals surface area (Å²) in [5, 5.41) is 9.11. The molecule has 0 unspecified atom stereocenters. The second-order valence-electron chi connectivity index (χ2n) is 3.97. The Labute approximate surface area is 97.5 Å². The van der Waals surface area contributed by atoms with E-state index >= 15 is 0 Å². The summed E-state index contributed by atoms with van der Waals surface area (Å²) in [6.45, 7) is 1.90. The molecule has 4 heteroatoms. The minimum atomic E-state index is -0.906. The highest BCUT2D eigenvalue weighted by molar-refractivity contribution is 5.77. The smallest absolute Gasteiger partial charge is 0.303 e. The highest BCUT2D eigenvalue weighted by Crippen LogP contribution is 2.14. The second kappa shape index (κ2) is 4.41. The fourth-order valence-electron chi connectivity index (χ4n) is 1.67. The third-order valence-corrected chi connectivity index (χ3v) is 2.52. The largest absolute Gasteiger partial charge is 0.481 e. The van der Waals surface area contributed by atoms with Crippen LogP contribution in [0.5, 0.6) is 0 Å². The quantitative estimate of drug-likeness (QED) is 0.880. The Balaban J connectivity index is 2.45. The van der Waals surface area contributed by atoms with Crippen molar-refractivity contribution in [2.24, 2.45) is 0 Å². The molecule has 0 saturated heterocycles. The molecule has 17 heavy (non-hydrogen) atoms. The van der Waals surface area contributed by atoms with E-state index < -0.39 is 5.97 Å². The molecule has 1 aromatic heterocycles. The third kappa shape index (κ3) is 2.53. The van der Waals surface area contributed by atoms with Crippen LogP contribution in [-0.2, 0) is 11.2 Å². The van der Waals surface area contributed by atoms with E-state index in [4.69, 9.17) is 9.52 Å². The van der Waals surface area contributed by atoms with Crippen molar-refractivity contribution in [2.75, 3.05) is 0 Å². The molecule has 0 fully saturated rings. The number of carboxylic acid groups (broad SMARTS) is 1. The van der Waals surface area contributed by atoms with Crippen molar-refractivity contribution in [3.63, 3.8) is 0 Å². The Bertz CT molecular complexity index is 625. The summed E-state index contributed by atoms with van der Waals surface area (Å²) in [5.74, 6) is -0.495. The molecule has 0 bridgehead atoms. The van der Waals surface area contributed by atoms with E-state index in [2.05, 4.69) is 0 Å². The second-order valence-corrected chi connectivity index (χ2v) is 3.97. The Morgan fingerprint density at radius 2 is 2.12 bits per heavy atom. The highest BCUT2D eigenvalue weighted by Gasteiger charge is 2.06. The van der Waals surface area contributed by atoms with Gasteiger partial charge in [-0.25, -0.2) is 0 Å². The predicted octanol–water partition coefficient (Wildman–Crippen LogP) is 2.12. The Hall–Kier alpha value is -2.10. The molecule has 88 valence electrons. The molecule has 0 aliphatic heterocycles. The Morgan fingerprint density at radius 3 is 2.82 bits per heavy atom. The average molecular weight is 232 g/mol. The maximum Gasteiger partial charge on any atom is 0.303 e. The lowest BCUT2D eigenvalue weighted by Crippen LogP contribution is -2.04. The van der Waals surface area contributed by atoms with Gasteiger partial charge in [-0.05, 0) is 19.1 Å². The standard InChI is InChI=1S/C13H12O4/c1-8-2-4-12-10(6-8)11(14)7-9(17-12)3-5-13(15)16/h2,4,6-7H,3,5H2,1H3,(H,15,16). The lowest BCUT2D eigenvalue weighted by atomic mass is 10.1. The molecule has 0 radical (unpaired) electrons. The molecule has 0 amide bonds. The number of aryl methyl sites for hydroxylation is 2. The summed E-state index contributed by atoms with van der Waals surface area (Å²) in [4.78, 5) is 22.2. The van der Waals surface area contributed by atoms with Gasteiger partial charge in [-0.1, -0.05) is 11.6 Å². The minimum Gasteiger partial charge on any atom is -0.481 e. The van der Waals surface area contributed by atoms with Gasteiger partial charge in [-0.2, -0.15) is 0 Å². The van der Waals surface area contributed by atoms with Crippen LogP contribution in [0.2, 0.25) is 0 Å². The topological polar surface area (TPSA) is 67.5 Å². The number of hydrogen-bond acceptors (Lipinski definition) is 3. The molecule has 4 nitrogen and oxygen atoms in total. The molecule has 0 saturated carbocycles. The van der Waals surface area contributed by atoms with E-state index in [1.54, 1.807) is 12.1 Å². The first-order valence-corrected chi connectivity index (χ1v) is 5.31. The first kappa shape index (κ1) is 11.4. The van der Waals surface area contributed by atoms with E-state index in [1.165, 1.54) is 6.07 Å². The first-order chi connectivity index (χ1) is 8.06. The molecule has 0 spiro atoms. The van der Waals surface area contributed by atoms with Crippen LogP contribution in [0.4, 0.5) is 0 Å². The molecule has 0 aliphatic carbocycles. The van der Waals surface area contributed by atoms with E-state index in [0.29, 0.717) is 16.7 Å². The van der Waals surface area contributed by atoms with Crippen molar-refractivity contribution >= 4 is 16.9 Å². The number of fused-ring (bicyclic) bond motifs is 1. The summed E-state index contributed by atoms with van der Waals surface area (Å²) >= 11 is 0. The molecule has 2 rings (SSSR count). The first-order valence-electron chi connectivity index (χ1n) is 5.31. The van der Waals surface area contributed by atoms with Crippen molar-refractivity contribution in [2.45, 2.75) is 19.8 Å². The molecule has 0 aliphatic rings. The van der Waals surface area contributed by atoms with Gasteiger partial charge in [0, 0.05) is 12.5 Å².